The summed E-state index contributed by atoms with van der Waals surface area (Å²) in [6, 6.07) is 5.58. The zero-order valence-corrected chi connectivity index (χ0v) is 10.2. The molecule has 0 radical (unpaired) electrons. The van der Waals surface area contributed by atoms with Gasteiger partial charge in [-0.1, -0.05) is 26.8 Å². The summed E-state index contributed by atoms with van der Waals surface area (Å²) in [4.78, 5) is 16.9. The molecule has 0 amide bonds. The van der Waals surface area contributed by atoms with Gasteiger partial charge in [0.15, 0.2) is 5.82 Å². The van der Waals surface area contributed by atoms with Crippen LogP contribution in [-0.4, -0.2) is 19.9 Å². The highest BCUT2D eigenvalue weighted by atomic mass is 15.1. The molecule has 88 valence electrons. The molecule has 0 aliphatic heterocycles. The van der Waals surface area contributed by atoms with Crippen LogP contribution in [0.1, 0.15) is 26.6 Å². The largest absolute Gasteiger partial charge is 0.368 e. The number of nitrogen functional groups attached to an aromatic ring is 1. The average Bonchev–Trinajstić information content (AvgIpc) is 2.28. The van der Waals surface area contributed by atoms with E-state index in [2.05, 4.69) is 19.9 Å². The van der Waals surface area contributed by atoms with Gasteiger partial charge >= 0.3 is 0 Å². The maximum absolute atomic E-state index is 5.70. The van der Waals surface area contributed by atoms with Gasteiger partial charge in [-0.25, -0.2) is 4.98 Å². The first-order valence-corrected chi connectivity index (χ1v) is 5.40. The van der Waals surface area contributed by atoms with Crippen LogP contribution < -0.4 is 5.73 Å². The van der Waals surface area contributed by atoms with E-state index in [-0.39, 0.29) is 11.4 Å². The number of aromatic nitrogens is 4. The van der Waals surface area contributed by atoms with Crippen LogP contribution in [0.4, 0.5) is 5.95 Å². The van der Waals surface area contributed by atoms with Crippen LogP contribution in [-0.2, 0) is 5.41 Å². The molecule has 0 unspecified atom stereocenters. The lowest BCUT2D eigenvalue weighted by Gasteiger charge is -2.16. The van der Waals surface area contributed by atoms with Gasteiger partial charge in [0.25, 0.3) is 0 Å². The van der Waals surface area contributed by atoms with Crippen LogP contribution in [0, 0.1) is 0 Å². The number of rotatable bonds is 1. The van der Waals surface area contributed by atoms with Crippen LogP contribution in [0.15, 0.2) is 24.4 Å². The molecule has 2 heterocycles. The van der Waals surface area contributed by atoms with E-state index in [1.807, 2.05) is 39.0 Å². The molecule has 0 atom stereocenters. The standard InChI is InChI=1S/C12H15N5/c1-12(2,3)10-15-9(16-11(13)17-10)8-6-4-5-7-14-8/h4-7H,1-3H3,(H2,13,15,16,17). The molecule has 5 heteroatoms. The minimum absolute atomic E-state index is 0.166. The topological polar surface area (TPSA) is 77.6 Å². The van der Waals surface area contributed by atoms with Crippen LogP contribution in [0.5, 0.6) is 0 Å². The first kappa shape index (κ1) is 11.4. The Morgan fingerprint density at radius 1 is 1.06 bits per heavy atom. The number of anilines is 1. The fourth-order valence-electron chi connectivity index (χ4n) is 1.34. The number of pyridine rings is 1. The number of nitrogens with two attached hydrogens (primary N) is 1. The van der Waals surface area contributed by atoms with Crippen LogP contribution in [0.25, 0.3) is 11.5 Å². The maximum Gasteiger partial charge on any atom is 0.223 e. The van der Waals surface area contributed by atoms with Crippen molar-refractivity contribution in [2.45, 2.75) is 26.2 Å². The maximum atomic E-state index is 5.70. The lowest BCUT2D eigenvalue weighted by atomic mass is 9.96. The minimum Gasteiger partial charge on any atom is -0.368 e. The first-order valence-electron chi connectivity index (χ1n) is 5.40. The number of hydrogen-bond acceptors (Lipinski definition) is 5. The fraction of sp³-hybridized carbons (Fsp3) is 0.333. The van der Waals surface area contributed by atoms with E-state index in [1.165, 1.54) is 0 Å². The molecule has 2 rings (SSSR count). The zero-order chi connectivity index (χ0) is 12.5. The predicted octanol–water partition coefficient (Wildman–Crippen LogP) is 1.81. The second-order valence-electron chi connectivity index (χ2n) is 4.81. The molecule has 0 aliphatic carbocycles. The summed E-state index contributed by atoms with van der Waals surface area (Å²) < 4.78 is 0. The van der Waals surface area contributed by atoms with E-state index in [0.717, 1.165) is 0 Å². The van der Waals surface area contributed by atoms with Gasteiger partial charge in [-0.2, -0.15) is 9.97 Å². The van der Waals surface area contributed by atoms with Crippen LogP contribution in [0.3, 0.4) is 0 Å². The van der Waals surface area contributed by atoms with Crippen LogP contribution >= 0.6 is 0 Å². The third-order valence-corrected chi connectivity index (χ3v) is 2.22. The average molecular weight is 229 g/mol. The Morgan fingerprint density at radius 2 is 1.82 bits per heavy atom. The molecule has 2 aromatic heterocycles. The van der Waals surface area contributed by atoms with Crippen molar-refractivity contribution in [2.75, 3.05) is 5.73 Å². The molecule has 5 nitrogen and oxygen atoms in total. The Morgan fingerprint density at radius 3 is 2.41 bits per heavy atom. The van der Waals surface area contributed by atoms with Crippen molar-refractivity contribution in [3.8, 4) is 11.5 Å². The molecule has 0 bridgehead atoms. The van der Waals surface area contributed by atoms with Gasteiger partial charge in [-0.15, -0.1) is 0 Å². The molecule has 0 aromatic carbocycles. The molecular formula is C12H15N5. The van der Waals surface area contributed by atoms with Crippen molar-refractivity contribution in [3.63, 3.8) is 0 Å². The molecule has 2 aromatic rings. The number of hydrogen-bond donors (Lipinski definition) is 1. The molecule has 0 spiro atoms. The highest BCUT2D eigenvalue weighted by Gasteiger charge is 2.19. The Hall–Kier alpha value is -2.04. The molecule has 2 N–H and O–H groups in total. The minimum atomic E-state index is -0.166. The van der Waals surface area contributed by atoms with Crippen molar-refractivity contribution in [2.24, 2.45) is 0 Å². The summed E-state index contributed by atoms with van der Waals surface area (Å²) in [6.45, 7) is 6.10. The van der Waals surface area contributed by atoms with Gasteiger partial charge < -0.3 is 5.73 Å². The Balaban J connectivity index is 2.54. The van der Waals surface area contributed by atoms with Gasteiger partial charge in [0, 0.05) is 11.6 Å². The summed E-state index contributed by atoms with van der Waals surface area (Å²) in [5, 5.41) is 0. The summed E-state index contributed by atoms with van der Waals surface area (Å²) in [5.41, 5.74) is 6.24. The third kappa shape index (κ3) is 2.55. The summed E-state index contributed by atoms with van der Waals surface area (Å²) in [6.07, 6.45) is 1.70. The van der Waals surface area contributed by atoms with Crippen molar-refractivity contribution in [1.82, 2.24) is 19.9 Å². The SMILES string of the molecule is CC(C)(C)c1nc(N)nc(-c2ccccn2)n1. The summed E-state index contributed by atoms with van der Waals surface area (Å²) in [5.74, 6) is 1.42. The van der Waals surface area contributed by atoms with Crippen molar-refractivity contribution >= 4 is 5.95 Å². The molecule has 0 saturated carbocycles. The van der Waals surface area contributed by atoms with E-state index in [1.54, 1.807) is 6.20 Å². The van der Waals surface area contributed by atoms with Gasteiger partial charge in [0.05, 0.1) is 0 Å². The van der Waals surface area contributed by atoms with Crippen molar-refractivity contribution < 1.29 is 0 Å². The molecule has 0 fully saturated rings. The summed E-state index contributed by atoms with van der Waals surface area (Å²) in [7, 11) is 0. The van der Waals surface area contributed by atoms with Crippen molar-refractivity contribution in [3.05, 3.63) is 30.2 Å². The summed E-state index contributed by atoms with van der Waals surface area (Å²) >= 11 is 0. The highest BCUT2D eigenvalue weighted by molar-refractivity contribution is 5.49. The second-order valence-corrected chi connectivity index (χ2v) is 4.81. The lowest BCUT2D eigenvalue weighted by Crippen LogP contribution is -2.18. The number of nitrogens with zero attached hydrogens (tertiary/aromatic N) is 4. The van der Waals surface area contributed by atoms with Gasteiger partial charge in [-0.05, 0) is 12.1 Å². The Kier molecular flexibility index (Phi) is 2.75. The van der Waals surface area contributed by atoms with Gasteiger partial charge in [0.1, 0.15) is 11.5 Å². The molecule has 0 saturated heterocycles. The lowest BCUT2D eigenvalue weighted by molar-refractivity contribution is 0.544. The smallest absolute Gasteiger partial charge is 0.223 e. The fourth-order valence-corrected chi connectivity index (χ4v) is 1.34. The van der Waals surface area contributed by atoms with E-state index in [9.17, 15) is 0 Å². The molecule has 0 aliphatic rings. The quantitative estimate of drug-likeness (QED) is 0.807. The highest BCUT2D eigenvalue weighted by Crippen LogP contribution is 2.21. The zero-order valence-electron chi connectivity index (χ0n) is 10.2. The third-order valence-electron chi connectivity index (χ3n) is 2.22. The normalized spacial score (nSPS) is 11.5. The Bertz CT molecular complexity index is 516. The monoisotopic (exact) mass is 229 g/mol. The van der Waals surface area contributed by atoms with E-state index in [0.29, 0.717) is 17.3 Å². The van der Waals surface area contributed by atoms with E-state index in [4.69, 9.17) is 5.73 Å². The predicted molar refractivity (Wildman–Crippen MR) is 66.2 cm³/mol. The van der Waals surface area contributed by atoms with E-state index < -0.39 is 0 Å². The van der Waals surface area contributed by atoms with Gasteiger partial charge in [0.2, 0.25) is 5.95 Å². The van der Waals surface area contributed by atoms with E-state index >= 15 is 0 Å². The molecule has 17 heavy (non-hydrogen) atoms. The Labute approximate surface area is 100 Å². The van der Waals surface area contributed by atoms with Gasteiger partial charge in [-0.3, -0.25) is 4.98 Å². The molecular weight excluding hydrogens is 214 g/mol. The van der Waals surface area contributed by atoms with Crippen LogP contribution in [0.2, 0.25) is 0 Å². The second kappa shape index (κ2) is 4.08. The first-order chi connectivity index (χ1) is 7.97. The van der Waals surface area contributed by atoms with Crippen molar-refractivity contribution in [1.29, 1.82) is 0 Å².